The van der Waals surface area contributed by atoms with Crippen LogP contribution in [-0.4, -0.2) is 38.0 Å². The molecule has 0 aliphatic carbocycles. The molecule has 146 valence electrons. The molecule has 0 unspecified atom stereocenters. The van der Waals surface area contributed by atoms with Gasteiger partial charge in [0.05, 0.1) is 13.7 Å². The number of methoxy groups -OCH3 is 1. The molecule has 0 radical (unpaired) electrons. The molecular formula is C21H22N2O5. The van der Waals surface area contributed by atoms with E-state index in [0.29, 0.717) is 17.9 Å². The van der Waals surface area contributed by atoms with Gasteiger partial charge in [-0.25, -0.2) is 0 Å². The summed E-state index contributed by atoms with van der Waals surface area (Å²) in [5.41, 5.74) is 1.64. The number of nitrogens with one attached hydrogen (secondary N) is 2. The summed E-state index contributed by atoms with van der Waals surface area (Å²) >= 11 is 0. The smallest absolute Gasteiger partial charge is 0.325 e. The Morgan fingerprint density at radius 2 is 1.82 bits per heavy atom. The summed E-state index contributed by atoms with van der Waals surface area (Å²) in [6.45, 7) is 2.28. The molecule has 0 spiro atoms. The Balaban J connectivity index is 1.94. The highest BCUT2D eigenvalue weighted by Crippen LogP contribution is 2.14. The van der Waals surface area contributed by atoms with Crippen LogP contribution in [0, 0.1) is 0 Å². The largest absolute Gasteiger partial charge is 0.494 e. The summed E-state index contributed by atoms with van der Waals surface area (Å²) < 4.78 is 9.84. The lowest BCUT2D eigenvalue weighted by atomic mass is 10.2. The molecule has 0 bridgehead atoms. The molecule has 0 aliphatic heterocycles. The van der Waals surface area contributed by atoms with Crippen molar-refractivity contribution in [3.05, 3.63) is 65.7 Å². The molecule has 7 heteroatoms. The molecule has 7 nitrogen and oxygen atoms in total. The minimum absolute atomic E-state index is 0.225. The van der Waals surface area contributed by atoms with Crippen molar-refractivity contribution in [1.82, 2.24) is 5.32 Å². The maximum atomic E-state index is 12.1. The third kappa shape index (κ3) is 6.60. The standard InChI is InChI=1S/C21H22N2O5/c1-3-28-18-10-7-15(8-11-18)9-12-19(24)23-17-6-4-5-16(13-17)21(26)22-14-20(25)27-2/h4-13H,3,14H2,1-2H3,(H,22,26)(H,23,24). The van der Waals surface area contributed by atoms with Crippen LogP contribution in [0.25, 0.3) is 6.08 Å². The number of carbonyl (C=O) groups excluding carboxylic acids is 3. The van der Waals surface area contributed by atoms with Crippen LogP contribution in [0.5, 0.6) is 5.75 Å². The normalized spacial score (nSPS) is 10.4. The molecule has 2 N–H and O–H groups in total. The molecule has 28 heavy (non-hydrogen) atoms. The number of esters is 1. The van der Waals surface area contributed by atoms with E-state index in [2.05, 4.69) is 15.4 Å². The van der Waals surface area contributed by atoms with Crippen molar-refractivity contribution in [2.24, 2.45) is 0 Å². The summed E-state index contributed by atoms with van der Waals surface area (Å²) in [4.78, 5) is 35.2. The van der Waals surface area contributed by atoms with Gasteiger partial charge in [-0.15, -0.1) is 0 Å². The molecule has 2 rings (SSSR count). The Kier molecular flexibility index (Phi) is 7.77. The van der Waals surface area contributed by atoms with Crippen molar-refractivity contribution in [3.8, 4) is 5.75 Å². The zero-order valence-electron chi connectivity index (χ0n) is 15.7. The van der Waals surface area contributed by atoms with E-state index < -0.39 is 11.9 Å². The highest BCUT2D eigenvalue weighted by molar-refractivity contribution is 6.03. The zero-order valence-corrected chi connectivity index (χ0v) is 15.7. The maximum absolute atomic E-state index is 12.1. The quantitative estimate of drug-likeness (QED) is 0.541. The molecule has 0 aliphatic rings. The van der Waals surface area contributed by atoms with Crippen molar-refractivity contribution in [2.45, 2.75) is 6.92 Å². The number of benzene rings is 2. The predicted molar refractivity (Wildman–Crippen MR) is 106 cm³/mol. The maximum Gasteiger partial charge on any atom is 0.325 e. The second-order valence-electron chi connectivity index (χ2n) is 5.66. The molecule has 2 amide bonds. The molecule has 2 aromatic carbocycles. The van der Waals surface area contributed by atoms with E-state index in [1.165, 1.54) is 19.3 Å². The lowest BCUT2D eigenvalue weighted by Crippen LogP contribution is -2.30. The fourth-order valence-corrected chi connectivity index (χ4v) is 2.26. The van der Waals surface area contributed by atoms with Gasteiger partial charge in [0.15, 0.2) is 0 Å². The SMILES string of the molecule is CCOc1ccc(C=CC(=O)Nc2cccc(C(=O)NCC(=O)OC)c2)cc1. The average molecular weight is 382 g/mol. The number of hydrogen-bond acceptors (Lipinski definition) is 5. The first-order valence-corrected chi connectivity index (χ1v) is 8.69. The van der Waals surface area contributed by atoms with Gasteiger partial charge in [-0.1, -0.05) is 18.2 Å². The third-order valence-corrected chi connectivity index (χ3v) is 3.63. The number of amides is 2. The fourth-order valence-electron chi connectivity index (χ4n) is 2.26. The van der Waals surface area contributed by atoms with Crippen LogP contribution in [0.4, 0.5) is 5.69 Å². The molecule has 0 saturated heterocycles. The van der Waals surface area contributed by atoms with Crippen molar-refractivity contribution < 1.29 is 23.9 Å². The second-order valence-corrected chi connectivity index (χ2v) is 5.66. The van der Waals surface area contributed by atoms with E-state index in [-0.39, 0.29) is 12.5 Å². The molecule has 0 aromatic heterocycles. The van der Waals surface area contributed by atoms with E-state index in [1.807, 2.05) is 31.2 Å². The molecular weight excluding hydrogens is 360 g/mol. The summed E-state index contributed by atoms with van der Waals surface area (Å²) in [6.07, 6.45) is 3.08. The lowest BCUT2D eigenvalue weighted by Gasteiger charge is -2.07. The second kappa shape index (κ2) is 10.5. The molecule has 2 aromatic rings. The van der Waals surface area contributed by atoms with Crippen molar-refractivity contribution in [2.75, 3.05) is 25.6 Å². The van der Waals surface area contributed by atoms with Crippen LogP contribution in [0.1, 0.15) is 22.8 Å². The number of ether oxygens (including phenoxy) is 2. The minimum atomic E-state index is -0.544. The molecule has 0 saturated carbocycles. The van der Waals surface area contributed by atoms with Crippen LogP contribution < -0.4 is 15.4 Å². The van der Waals surface area contributed by atoms with E-state index in [4.69, 9.17) is 4.74 Å². The number of hydrogen-bond donors (Lipinski definition) is 2. The van der Waals surface area contributed by atoms with Gasteiger partial charge in [-0.05, 0) is 48.9 Å². The third-order valence-electron chi connectivity index (χ3n) is 3.63. The summed E-state index contributed by atoms with van der Waals surface area (Å²) in [5, 5.41) is 5.13. The van der Waals surface area contributed by atoms with Gasteiger partial charge in [0.25, 0.3) is 5.91 Å². The van der Waals surface area contributed by atoms with E-state index in [0.717, 1.165) is 11.3 Å². The Bertz CT molecular complexity index is 859. The monoisotopic (exact) mass is 382 g/mol. The average Bonchev–Trinajstić information content (AvgIpc) is 2.71. The van der Waals surface area contributed by atoms with Gasteiger partial charge in [-0.3, -0.25) is 14.4 Å². The van der Waals surface area contributed by atoms with E-state index in [9.17, 15) is 14.4 Å². The fraction of sp³-hybridized carbons (Fsp3) is 0.190. The van der Waals surface area contributed by atoms with Crippen molar-refractivity contribution >= 4 is 29.5 Å². The Labute approximate surface area is 163 Å². The Morgan fingerprint density at radius 1 is 1.07 bits per heavy atom. The van der Waals surface area contributed by atoms with Gasteiger partial charge in [0.1, 0.15) is 12.3 Å². The molecule has 0 fully saturated rings. The van der Waals surface area contributed by atoms with Gasteiger partial charge in [-0.2, -0.15) is 0 Å². The Morgan fingerprint density at radius 3 is 2.50 bits per heavy atom. The van der Waals surface area contributed by atoms with Crippen LogP contribution in [0.3, 0.4) is 0 Å². The van der Waals surface area contributed by atoms with Gasteiger partial charge in [0.2, 0.25) is 5.91 Å². The lowest BCUT2D eigenvalue weighted by molar-refractivity contribution is -0.139. The predicted octanol–water partition coefficient (Wildman–Crippen LogP) is 2.64. The van der Waals surface area contributed by atoms with Crippen molar-refractivity contribution in [1.29, 1.82) is 0 Å². The van der Waals surface area contributed by atoms with Gasteiger partial charge >= 0.3 is 5.97 Å². The number of carbonyl (C=O) groups is 3. The van der Waals surface area contributed by atoms with Crippen LogP contribution in [0.2, 0.25) is 0 Å². The zero-order chi connectivity index (χ0) is 20.4. The Hall–Kier alpha value is -3.61. The first kappa shape index (κ1) is 20.7. The number of anilines is 1. The molecule has 0 heterocycles. The van der Waals surface area contributed by atoms with Gasteiger partial charge in [0, 0.05) is 17.3 Å². The van der Waals surface area contributed by atoms with E-state index >= 15 is 0 Å². The summed E-state index contributed by atoms with van der Waals surface area (Å²) in [5.74, 6) is -0.545. The summed E-state index contributed by atoms with van der Waals surface area (Å²) in [7, 11) is 1.24. The van der Waals surface area contributed by atoms with Crippen LogP contribution in [-0.2, 0) is 14.3 Å². The van der Waals surface area contributed by atoms with Crippen molar-refractivity contribution in [3.63, 3.8) is 0 Å². The van der Waals surface area contributed by atoms with Gasteiger partial charge < -0.3 is 20.1 Å². The van der Waals surface area contributed by atoms with Crippen LogP contribution in [0.15, 0.2) is 54.6 Å². The number of rotatable bonds is 8. The van der Waals surface area contributed by atoms with E-state index in [1.54, 1.807) is 24.3 Å². The minimum Gasteiger partial charge on any atom is -0.494 e. The first-order chi connectivity index (χ1) is 13.5. The topological polar surface area (TPSA) is 93.7 Å². The van der Waals surface area contributed by atoms with Crippen LogP contribution >= 0.6 is 0 Å². The summed E-state index contributed by atoms with van der Waals surface area (Å²) in [6, 6.07) is 13.8. The first-order valence-electron chi connectivity index (χ1n) is 8.69. The highest BCUT2D eigenvalue weighted by Gasteiger charge is 2.09. The highest BCUT2D eigenvalue weighted by atomic mass is 16.5. The molecule has 0 atom stereocenters.